The molecule has 4 aromatic rings. The Labute approximate surface area is 196 Å². The van der Waals surface area contributed by atoms with Crippen molar-refractivity contribution in [1.29, 1.82) is 0 Å². The first-order valence-electron chi connectivity index (χ1n) is 10.7. The van der Waals surface area contributed by atoms with E-state index in [0.717, 1.165) is 23.1 Å². The van der Waals surface area contributed by atoms with E-state index in [2.05, 4.69) is 10.4 Å². The van der Waals surface area contributed by atoms with E-state index in [0.29, 0.717) is 47.5 Å². The van der Waals surface area contributed by atoms with Gasteiger partial charge in [0.2, 0.25) is 0 Å². The van der Waals surface area contributed by atoms with Gasteiger partial charge < -0.3 is 14.8 Å². The lowest BCUT2D eigenvalue weighted by atomic mass is 9.98. The van der Waals surface area contributed by atoms with Crippen molar-refractivity contribution >= 4 is 23.2 Å². The molecule has 0 bridgehead atoms. The molecule has 0 radical (unpaired) electrons. The van der Waals surface area contributed by atoms with Gasteiger partial charge in [0.05, 0.1) is 30.5 Å². The van der Waals surface area contributed by atoms with Crippen LogP contribution in [0.15, 0.2) is 79.1 Å². The van der Waals surface area contributed by atoms with Crippen LogP contribution >= 0.6 is 11.6 Å². The minimum absolute atomic E-state index is 0.248. The van der Waals surface area contributed by atoms with Crippen molar-refractivity contribution in [2.24, 2.45) is 0 Å². The van der Waals surface area contributed by atoms with Crippen LogP contribution in [-0.4, -0.2) is 28.9 Å². The van der Waals surface area contributed by atoms with Crippen LogP contribution in [0.1, 0.15) is 22.3 Å². The highest BCUT2D eigenvalue weighted by Crippen LogP contribution is 2.38. The molecule has 0 unspecified atom stereocenters. The summed E-state index contributed by atoms with van der Waals surface area (Å²) in [6.07, 6.45) is 4.49. The predicted octanol–water partition coefficient (Wildman–Crippen LogP) is 5.67. The number of anilines is 1. The SMILES string of the molecule is O=C(Nc1cc2c(cc1Cl)OCCCO2)c1ccccc1-c1ccc(Cn2cccn2)cc1. The number of carbonyl (C=O) groups excluding carboxylic acids is 1. The van der Waals surface area contributed by atoms with Gasteiger partial charge in [0, 0.05) is 36.5 Å². The third-order valence-corrected chi connectivity index (χ3v) is 5.74. The quantitative estimate of drug-likeness (QED) is 0.418. The first-order valence-corrected chi connectivity index (χ1v) is 11.1. The minimum Gasteiger partial charge on any atom is -0.490 e. The van der Waals surface area contributed by atoms with E-state index < -0.39 is 0 Å². The number of hydrogen-bond acceptors (Lipinski definition) is 4. The van der Waals surface area contributed by atoms with Crippen molar-refractivity contribution < 1.29 is 14.3 Å². The molecule has 3 aromatic carbocycles. The lowest BCUT2D eigenvalue weighted by Gasteiger charge is -2.14. The molecule has 1 aromatic heterocycles. The van der Waals surface area contributed by atoms with Gasteiger partial charge in [-0.3, -0.25) is 9.48 Å². The van der Waals surface area contributed by atoms with E-state index in [4.69, 9.17) is 21.1 Å². The number of ether oxygens (including phenoxy) is 2. The molecule has 5 rings (SSSR count). The Morgan fingerprint density at radius 2 is 1.76 bits per heavy atom. The molecule has 0 fully saturated rings. The molecule has 7 heteroatoms. The van der Waals surface area contributed by atoms with Gasteiger partial charge in [0.25, 0.3) is 5.91 Å². The Hall–Kier alpha value is -3.77. The zero-order valence-corrected chi connectivity index (χ0v) is 18.6. The largest absolute Gasteiger partial charge is 0.490 e. The van der Waals surface area contributed by atoms with Gasteiger partial charge in [-0.1, -0.05) is 54.1 Å². The maximum Gasteiger partial charge on any atom is 0.256 e. The minimum atomic E-state index is -0.248. The highest BCUT2D eigenvalue weighted by molar-refractivity contribution is 6.34. The monoisotopic (exact) mass is 459 g/mol. The molecule has 2 heterocycles. The summed E-state index contributed by atoms with van der Waals surface area (Å²) in [5, 5.41) is 7.57. The highest BCUT2D eigenvalue weighted by atomic mass is 35.5. The Morgan fingerprint density at radius 1 is 1.00 bits per heavy atom. The fraction of sp³-hybridized carbons (Fsp3) is 0.154. The second kappa shape index (κ2) is 9.38. The van der Waals surface area contributed by atoms with Crippen LogP contribution in [0.3, 0.4) is 0 Å². The lowest BCUT2D eigenvalue weighted by molar-refractivity contribution is 0.102. The molecule has 1 N–H and O–H groups in total. The van der Waals surface area contributed by atoms with Gasteiger partial charge in [-0.15, -0.1) is 0 Å². The van der Waals surface area contributed by atoms with Gasteiger partial charge in [-0.2, -0.15) is 5.10 Å². The third kappa shape index (κ3) is 4.71. The maximum absolute atomic E-state index is 13.2. The Balaban J connectivity index is 1.39. The zero-order valence-electron chi connectivity index (χ0n) is 17.8. The van der Waals surface area contributed by atoms with Crippen molar-refractivity contribution in [3.05, 3.63) is 95.3 Å². The zero-order chi connectivity index (χ0) is 22.6. The second-order valence-electron chi connectivity index (χ2n) is 7.73. The van der Waals surface area contributed by atoms with Crippen LogP contribution in [-0.2, 0) is 6.54 Å². The number of fused-ring (bicyclic) bond motifs is 1. The topological polar surface area (TPSA) is 65.4 Å². The molecule has 33 heavy (non-hydrogen) atoms. The highest BCUT2D eigenvalue weighted by Gasteiger charge is 2.18. The number of hydrogen-bond donors (Lipinski definition) is 1. The first kappa shape index (κ1) is 21.1. The molecule has 1 amide bonds. The van der Waals surface area contributed by atoms with Crippen molar-refractivity contribution in [2.45, 2.75) is 13.0 Å². The number of rotatable bonds is 5. The van der Waals surface area contributed by atoms with Crippen molar-refractivity contribution in [3.63, 3.8) is 0 Å². The third-order valence-electron chi connectivity index (χ3n) is 5.43. The Kier molecular flexibility index (Phi) is 6.00. The summed E-state index contributed by atoms with van der Waals surface area (Å²) >= 11 is 6.42. The summed E-state index contributed by atoms with van der Waals surface area (Å²) in [7, 11) is 0. The number of nitrogens with zero attached hydrogens (tertiary/aromatic N) is 2. The van der Waals surface area contributed by atoms with E-state index in [-0.39, 0.29) is 5.91 Å². The summed E-state index contributed by atoms with van der Waals surface area (Å²) in [6.45, 7) is 1.82. The summed E-state index contributed by atoms with van der Waals surface area (Å²) in [5.74, 6) is 0.918. The maximum atomic E-state index is 13.2. The number of nitrogens with one attached hydrogen (secondary N) is 1. The van der Waals surface area contributed by atoms with E-state index in [1.54, 1.807) is 24.4 Å². The molecule has 1 aliphatic rings. The average molecular weight is 460 g/mol. The molecular formula is C26H22ClN3O3. The first-order chi connectivity index (χ1) is 16.2. The fourth-order valence-corrected chi connectivity index (χ4v) is 3.97. The number of aromatic nitrogens is 2. The number of amides is 1. The van der Waals surface area contributed by atoms with Gasteiger partial charge in [0.1, 0.15) is 0 Å². The van der Waals surface area contributed by atoms with Crippen LogP contribution in [0, 0.1) is 0 Å². The van der Waals surface area contributed by atoms with Crippen LogP contribution < -0.4 is 14.8 Å². The predicted molar refractivity (Wildman–Crippen MR) is 128 cm³/mol. The fourth-order valence-electron chi connectivity index (χ4n) is 3.77. The average Bonchev–Trinajstić information content (AvgIpc) is 3.24. The van der Waals surface area contributed by atoms with Crippen LogP contribution in [0.2, 0.25) is 5.02 Å². The molecular weight excluding hydrogens is 438 g/mol. The van der Waals surface area contributed by atoms with Crippen molar-refractivity contribution in [3.8, 4) is 22.6 Å². The van der Waals surface area contributed by atoms with Gasteiger partial charge in [0.15, 0.2) is 11.5 Å². The molecule has 1 aliphatic heterocycles. The standard InChI is InChI=1S/C26H22ClN3O3/c27-22-15-24-25(33-14-4-13-32-24)16-23(22)29-26(31)21-6-2-1-5-20(21)19-9-7-18(8-10-19)17-30-12-3-11-28-30/h1-3,5-12,15-16H,4,13-14,17H2,(H,29,31). The van der Waals surface area contributed by atoms with Crippen LogP contribution in [0.25, 0.3) is 11.1 Å². The molecule has 0 atom stereocenters. The smallest absolute Gasteiger partial charge is 0.256 e. The summed E-state index contributed by atoms with van der Waals surface area (Å²) in [5.41, 5.74) is 3.96. The Morgan fingerprint density at radius 3 is 2.52 bits per heavy atom. The number of benzene rings is 3. The summed E-state index contributed by atoms with van der Waals surface area (Å²) in [4.78, 5) is 13.2. The molecule has 6 nitrogen and oxygen atoms in total. The van der Waals surface area contributed by atoms with E-state index in [1.165, 1.54) is 0 Å². The molecule has 166 valence electrons. The van der Waals surface area contributed by atoms with E-state index in [1.807, 2.05) is 59.4 Å². The summed E-state index contributed by atoms with van der Waals surface area (Å²) < 4.78 is 13.3. The van der Waals surface area contributed by atoms with Crippen molar-refractivity contribution in [1.82, 2.24) is 9.78 Å². The molecule has 0 saturated carbocycles. The van der Waals surface area contributed by atoms with Gasteiger partial charge >= 0.3 is 0 Å². The lowest BCUT2D eigenvalue weighted by Crippen LogP contribution is -2.13. The molecule has 0 aliphatic carbocycles. The number of halogens is 1. The van der Waals surface area contributed by atoms with E-state index >= 15 is 0 Å². The normalized spacial score (nSPS) is 12.8. The van der Waals surface area contributed by atoms with Gasteiger partial charge in [-0.25, -0.2) is 0 Å². The second-order valence-corrected chi connectivity index (χ2v) is 8.14. The summed E-state index contributed by atoms with van der Waals surface area (Å²) in [6, 6.07) is 20.9. The number of carbonyl (C=O) groups is 1. The molecule has 0 spiro atoms. The molecule has 0 saturated heterocycles. The van der Waals surface area contributed by atoms with Crippen LogP contribution in [0.5, 0.6) is 11.5 Å². The Bertz CT molecular complexity index is 1270. The van der Waals surface area contributed by atoms with Gasteiger partial charge in [-0.05, 0) is 28.8 Å². The van der Waals surface area contributed by atoms with E-state index in [9.17, 15) is 4.79 Å². The van der Waals surface area contributed by atoms with Crippen molar-refractivity contribution in [2.75, 3.05) is 18.5 Å². The van der Waals surface area contributed by atoms with Crippen LogP contribution in [0.4, 0.5) is 5.69 Å².